The summed E-state index contributed by atoms with van der Waals surface area (Å²) >= 11 is 5.99. The molecule has 1 aromatic heterocycles. The van der Waals surface area contributed by atoms with Crippen molar-refractivity contribution >= 4 is 35.9 Å². The summed E-state index contributed by atoms with van der Waals surface area (Å²) in [7, 11) is 1.67. The van der Waals surface area contributed by atoms with E-state index >= 15 is 0 Å². The summed E-state index contributed by atoms with van der Waals surface area (Å²) in [6.07, 6.45) is 12.1. The van der Waals surface area contributed by atoms with E-state index in [4.69, 9.17) is 16.3 Å². The zero-order chi connectivity index (χ0) is 20.8. The van der Waals surface area contributed by atoms with Crippen LogP contribution in [0.15, 0.2) is 85.2 Å². The molecule has 0 fully saturated rings. The number of benzene rings is 3. The smallest absolute Gasteiger partial charge is 0.118 e. The molecule has 4 heteroatoms. The Labute approximate surface area is 181 Å². The molecule has 0 spiro atoms. The van der Waals surface area contributed by atoms with Crippen LogP contribution in [-0.2, 0) is 0 Å². The Kier molecular flexibility index (Phi) is 6.11. The SMILES string of the molecule is COc1ccc(/C=C/c2cccc(/C=C/c3ccc(Cl)cc3)c2-n2cccn2)cc1. The van der Waals surface area contributed by atoms with Crippen molar-refractivity contribution in [2.24, 2.45) is 0 Å². The predicted octanol–water partition coefficient (Wildman–Crippen LogP) is 6.88. The number of aromatic nitrogens is 2. The van der Waals surface area contributed by atoms with Crippen LogP contribution in [0.1, 0.15) is 22.3 Å². The molecule has 0 bridgehead atoms. The molecule has 0 saturated carbocycles. The van der Waals surface area contributed by atoms with Gasteiger partial charge in [-0.15, -0.1) is 0 Å². The molecule has 4 aromatic rings. The zero-order valence-corrected chi connectivity index (χ0v) is 17.3. The van der Waals surface area contributed by atoms with Gasteiger partial charge in [0, 0.05) is 28.5 Å². The van der Waals surface area contributed by atoms with Gasteiger partial charge in [0.05, 0.1) is 12.8 Å². The summed E-state index contributed by atoms with van der Waals surface area (Å²) in [6, 6.07) is 23.9. The first kappa shape index (κ1) is 19.7. The van der Waals surface area contributed by atoms with Crippen molar-refractivity contribution in [3.05, 3.63) is 112 Å². The lowest BCUT2D eigenvalue weighted by molar-refractivity contribution is 0.415. The Hall–Kier alpha value is -3.56. The standard InChI is InChI=1S/C26H21ClN2O/c1-30-25-16-10-21(11-17-25)7-13-23-5-2-4-22(26(23)29-19-3-18-28-29)12-6-20-8-14-24(27)15-9-20/h2-19H,1H3/b12-6+,13-7+. The second kappa shape index (κ2) is 9.29. The number of rotatable bonds is 6. The van der Waals surface area contributed by atoms with Crippen LogP contribution in [0, 0.1) is 0 Å². The summed E-state index contributed by atoms with van der Waals surface area (Å²) < 4.78 is 7.13. The van der Waals surface area contributed by atoms with Gasteiger partial charge >= 0.3 is 0 Å². The quantitative estimate of drug-likeness (QED) is 0.323. The molecule has 0 aliphatic carbocycles. The molecule has 1 heterocycles. The highest BCUT2D eigenvalue weighted by Crippen LogP contribution is 2.24. The van der Waals surface area contributed by atoms with Gasteiger partial charge in [-0.2, -0.15) is 5.10 Å². The second-order valence-corrected chi connectivity index (χ2v) is 7.16. The lowest BCUT2D eigenvalue weighted by atomic mass is 10.0. The number of halogens is 1. The Bertz CT molecular complexity index is 1160. The van der Waals surface area contributed by atoms with Crippen LogP contribution in [0.25, 0.3) is 30.0 Å². The third-order valence-electron chi connectivity index (χ3n) is 4.73. The molecule has 3 nitrogen and oxygen atoms in total. The normalized spacial score (nSPS) is 11.4. The van der Waals surface area contributed by atoms with Gasteiger partial charge in [0.1, 0.15) is 5.75 Å². The molecular formula is C26H21ClN2O. The predicted molar refractivity (Wildman–Crippen MR) is 126 cm³/mol. The van der Waals surface area contributed by atoms with Gasteiger partial charge in [-0.05, 0) is 41.5 Å². The van der Waals surface area contributed by atoms with E-state index in [-0.39, 0.29) is 0 Å². The maximum absolute atomic E-state index is 5.99. The number of methoxy groups -OCH3 is 1. The number of nitrogens with zero attached hydrogens (tertiary/aromatic N) is 2. The van der Waals surface area contributed by atoms with Crippen LogP contribution < -0.4 is 4.74 Å². The first-order valence-corrected chi connectivity index (χ1v) is 9.99. The first-order valence-electron chi connectivity index (χ1n) is 9.62. The molecule has 0 saturated heterocycles. The molecule has 0 radical (unpaired) electrons. The molecule has 0 unspecified atom stereocenters. The Morgan fingerprint density at radius 3 is 1.90 bits per heavy atom. The third kappa shape index (κ3) is 4.70. The third-order valence-corrected chi connectivity index (χ3v) is 4.98. The summed E-state index contributed by atoms with van der Waals surface area (Å²) in [5.41, 5.74) is 5.37. The van der Waals surface area contributed by atoms with Crippen LogP contribution in [0.4, 0.5) is 0 Å². The average Bonchev–Trinajstić information content (AvgIpc) is 3.32. The minimum absolute atomic E-state index is 0.732. The number of hydrogen-bond acceptors (Lipinski definition) is 2. The van der Waals surface area contributed by atoms with Gasteiger partial charge in [0.15, 0.2) is 0 Å². The largest absolute Gasteiger partial charge is 0.497 e. The number of ether oxygens (including phenoxy) is 1. The van der Waals surface area contributed by atoms with Crippen LogP contribution in [-0.4, -0.2) is 16.9 Å². The van der Waals surface area contributed by atoms with Gasteiger partial charge in [-0.1, -0.05) is 78.4 Å². The summed E-state index contributed by atoms with van der Waals surface area (Å²) in [4.78, 5) is 0. The van der Waals surface area contributed by atoms with Crippen LogP contribution >= 0.6 is 11.6 Å². The monoisotopic (exact) mass is 412 g/mol. The van der Waals surface area contributed by atoms with E-state index in [1.165, 1.54) is 0 Å². The summed E-state index contributed by atoms with van der Waals surface area (Å²) in [5, 5.41) is 5.20. The van der Waals surface area contributed by atoms with Gasteiger partial charge in [-0.25, -0.2) is 4.68 Å². The average molecular weight is 413 g/mol. The molecule has 0 aliphatic rings. The van der Waals surface area contributed by atoms with E-state index in [2.05, 4.69) is 47.6 Å². The maximum atomic E-state index is 5.99. The van der Waals surface area contributed by atoms with E-state index in [1.54, 1.807) is 13.3 Å². The van der Waals surface area contributed by atoms with Crippen molar-refractivity contribution in [2.45, 2.75) is 0 Å². The van der Waals surface area contributed by atoms with Crippen molar-refractivity contribution in [2.75, 3.05) is 7.11 Å². The molecule has 30 heavy (non-hydrogen) atoms. The minimum atomic E-state index is 0.732. The Morgan fingerprint density at radius 1 is 0.767 bits per heavy atom. The van der Waals surface area contributed by atoms with Crippen LogP contribution in [0.2, 0.25) is 5.02 Å². The van der Waals surface area contributed by atoms with Gasteiger partial charge in [0.25, 0.3) is 0 Å². The van der Waals surface area contributed by atoms with E-state index in [1.807, 2.05) is 65.5 Å². The Morgan fingerprint density at radius 2 is 1.37 bits per heavy atom. The zero-order valence-electron chi connectivity index (χ0n) is 16.6. The molecule has 0 N–H and O–H groups in total. The van der Waals surface area contributed by atoms with E-state index in [0.29, 0.717) is 0 Å². The molecule has 0 atom stereocenters. The molecule has 0 aliphatic heterocycles. The first-order chi connectivity index (χ1) is 14.7. The topological polar surface area (TPSA) is 27.1 Å². The fourth-order valence-corrected chi connectivity index (χ4v) is 3.30. The summed E-state index contributed by atoms with van der Waals surface area (Å²) in [5.74, 6) is 0.846. The van der Waals surface area contributed by atoms with Crippen LogP contribution in [0.3, 0.4) is 0 Å². The highest BCUT2D eigenvalue weighted by molar-refractivity contribution is 6.30. The van der Waals surface area contributed by atoms with Gasteiger partial charge in [-0.3, -0.25) is 0 Å². The highest BCUT2D eigenvalue weighted by atomic mass is 35.5. The van der Waals surface area contributed by atoms with Crippen molar-refractivity contribution in [3.63, 3.8) is 0 Å². The molecule has 0 amide bonds. The molecule has 148 valence electrons. The number of hydrogen-bond donors (Lipinski definition) is 0. The minimum Gasteiger partial charge on any atom is -0.497 e. The lowest BCUT2D eigenvalue weighted by Crippen LogP contribution is -2.00. The van der Waals surface area contributed by atoms with E-state index in [0.717, 1.165) is 38.7 Å². The van der Waals surface area contributed by atoms with E-state index < -0.39 is 0 Å². The molecule has 3 aromatic carbocycles. The number of para-hydroxylation sites is 1. The van der Waals surface area contributed by atoms with Gasteiger partial charge in [0.2, 0.25) is 0 Å². The lowest BCUT2D eigenvalue weighted by Gasteiger charge is -2.11. The van der Waals surface area contributed by atoms with Crippen molar-refractivity contribution in [3.8, 4) is 11.4 Å². The fourth-order valence-electron chi connectivity index (χ4n) is 3.18. The van der Waals surface area contributed by atoms with Crippen molar-refractivity contribution < 1.29 is 4.74 Å². The molecule has 4 rings (SSSR count). The highest BCUT2D eigenvalue weighted by Gasteiger charge is 2.07. The second-order valence-electron chi connectivity index (χ2n) is 6.73. The van der Waals surface area contributed by atoms with Gasteiger partial charge < -0.3 is 4.74 Å². The maximum Gasteiger partial charge on any atom is 0.118 e. The Balaban J connectivity index is 1.70. The van der Waals surface area contributed by atoms with Crippen LogP contribution in [0.5, 0.6) is 5.75 Å². The van der Waals surface area contributed by atoms with Crippen molar-refractivity contribution in [1.82, 2.24) is 9.78 Å². The fraction of sp³-hybridized carbons (Fsp3) is 0.0385. The van der Waals surface area contributed by atoms with E-state index in [9.17, 15) is 0 Å². The van der Waals surface area contributed by atoms with Crippen molar-refractivity contribution in [1.29, 1.82) is 0 Å². The summed E-state index contributed by atoms with van der Waals surface area (Å²) in [6.45, 7) is 0. The molecular weight excluding hydrogens is 392 g/mol.